The van der Waals surface area contributed by atoms with Crippen molar-refractivity contribution < 1.29 is 19.1 Å². The van der Waals surface area contributed by atoms with Gasteiger partial charge in [0, 0.05) is 29.9 Å². The fourth-order valence-corrected chi connectivity index (χ4v) is 4.36. The predicted octanol–water partition coefficient (Wildman–Crippen LogP) is 5.63. The van der Waals surface area contributed by atoms with Crippen molar-refractivity contribution in [1.82, 2.24) is 9.47 Å². The van der Waals surface area contributed by atoms with Crippen LogP contribution in [-0.2, 0) is 17.7 Å². The highest BCUT2D eigenvalue weighted by molar-refractivity contribution is 6.06. The van der Waals surface area contributed by atoms with Gasteiger partial charge in [-0.15, -0.1) is 0 Å². The van der Waals surface area contributed by atoms with Gasteiger partial charge in [0.2, 0.25) is 0 Å². The summed E-state index contributed by atoms with van der Waals surface area (Å²) in [5.41, 5.74) is 4.03. The van der Waals surface area contributed by atoms with Gasteiger partial charge in [-0.2, -0.15) is 0 Å². The molecule has 0 spiro atoms. The molecule has 0 fully saturated rings. The first kappa shape index (κ1) is 27.4. The van der Waals surface area contributed by atoms with Gasteiger partial charge < -0.3 is 14.2 Å². The molecule has 186 valence electrons. The van der Waals surface area contributed by atoms with E-state index in [1.165, 1.54) is 12.7 Å². The Balaban J connectivity index is 2.34. The van der Waals surface area contributed by atoms with E-state index in [1.807, 2.05) is 42.7 Å². The van der Waals surface area contributed by atoms with Crippen molar-refractivity contribution in [2.45, 2.75) is 73.8 Å². The maximum atomic E-state index is 13.5. The molecule has 0 atom stereocenters. The van der Waals surface area contributed by atoms with Gasteiger partial charge in [0.15, 0.2) is 5.78 Å². The average molecular weight is 469 g/mol. The monoisotopic (exact) mass is 468 g/mol. The molecule has 0 aliphatic rings. The fraction of sp³-hybridized carbons (Fsp3) is 0.536. The van der Waals surface area contributed by atoms with Gasteiger partial charge in [0.25, 0.3) is 5.91 Å². The zero-order valence-corrected chi connectivity index (χ0v) is 21.9. The summed E-state index contributed by atoms with van der Waals surface area (Å²) in [6.45, 7) is 12.9. The smallest absolute Gasteiger partial charge is 0.354 e. The first-order chi connectivity index (χ1) is 16.2. The van der Waals surface area contributed by atoms with Crippen LogP contribution in [0.1, 0.15) is 95.0 Å². The number of ether oxygens (including phenoxy) is 1. The Bertz CT molecular complexity index is 1000. The second kappa shape index (κ2) is 12.5. The van der Waals surface area contributed by atoms with Gasteiger partial charge in [0.05, 0.1) is 13.7 Å². The van der Waals surface area contributed by atoms with Crippen LogP contribution in [0.3, 0.4) is 0 Å². The molecule has 0 N–H and O–H groups in total. The lowest BCUT2D eigenvalue weighted by Gasteiger charge is -2.23. The Morgan fingerprint density at radius 2 is 1.71 bits per heavy atom. The molecule has 0 aliphatic carbocycles. The summed E-state index contributed by atoms with van der Waals surface area (Å²) in [5.74, 6) is -0.367. The van der Waals surface area contributed by atoms with Crippen molar-refractivity contribution >= 4 is 17.7 Å². The largest absolute Gasteiger partial charge is 0.464 e. The van der Waals surface area contributed by atoms with E-state index in [1.54, 1.807) is 11.8 Å². The third kappa shape index (κ3) is 6.37. The maximum absolute atomic E-state index is 13.5. The van der Waals surface area contributed by atoms with Gasteiger partial charge in [-0.25, -0.2) is 4.79 Å². The van der Waals surface area contributed by atoms with E-state index in [4.69, 9.17) is 4.74 Å². The quantitative estimate of drug-likeness (QED) is 0.299. The number of carbonyl (C=O) groups excluding carboxylic acids is 3. The van der Waals surface area contributed by atoms with Crippen molar-refractivity contribution in [1.29, 1.82) is 0 Å². The van der Waals surface area contributed by atoms with Gasteiger partial charge in [-0.1, -0.05) is 39.3 Å². The number of methoxy groups -OCH3 is 1. The molecule has 6 nitrogen and oxygen atoms in total. The summed E-state index contributed by atoms with van der Waals surface area (Å²) in [6.07, 6.45) is 4.04. The van der Waals surface area contributed by atoms with E-state index in [0.717, 1.165) is 31.4 Å². The molecule has 0 saturated carbocycles. The lowest BCUT2D eigenvalue weighted by molar-refractivity contribution is 0.0587. The van der Waals surface area contributed by atoms with Crippen LogP contribution in [0.4, 0.5) is 0 Å². The lowest BCUT2D eigenvalue weighted by Crippen LogP contribution is -2.37. The molecular weight excluding hydrogens is 428 g/mol. The third-order valence-corrected chi connectivity index (χ3v) is 6.36. The van der Waals surface area contributed by atoms with Crippen LogP contribution in [-0.4, -0.2) is 47.3 Å². The second-order valence-corrected chi connectivity index (χ2v) is 9.30. The van der Waals surface area contributed by atoms with E-state index < -0.39 is 5.97 Å². The zero-order chi connectivity index (χ0) is 25.4. The standard InChI is InChI=1S/C28H40N2O4/c1-8-10-11-22-12-14-23(15-13-22)27(32)29(17-16-19(3)4)18-24(31)25-20(5)26(28(33)34-7)30(9-2)21(25)6/h12-15,19H,8-11,16-18H2,1-7H3. The number of aromatic nitrogens is 1. The molecule has 34 heavy (non-hydrogen) atoms. The normalized spacial score (nSPS) is 11.1. The van der Waals surface area contributed by atoms with Crippen LogP contribution in [0, 0.1) is 19.8 Å². The Kier molecular flexibility index (Phi) is 10.1. The summed E-state index contributed by atoms with van der Waals surface area (Å²) in [4.78, 5) is 40.9. The van der Waals surface area contributed by atoms with E-state index in [9.17, 15) is 14.4 Å². The molecular formula is C28H40N2O4. The summed E-state index contributed by atoms with van der Waals surface area (Å²) < 4.78 is 6.76. The van der Waals surface area contributed by atoms with Crippen molar-refractivity contribution in [2.24, 2.45) is 5.92 Å². The average Bonchev–Trinajstić information content (AvgIpc) is 3.08. The molecule has 0 aliphatic heterocycles. The Morgan fingerprint density at radius 3 is 2.24 bits per heavy atom. The van der Waals surface area contributed by atoms with Gasteiger partial charge in [-0.05, 0) is 69.2 Å². The number of ketones is 1. The zero-order valence-electron chi connectivity index (χ0n) is 21.9. The molecule has 0 bridgehead atoms. The Morgan fingerprint density at radius 1 is 1.06 bits per heavy atom. The third-order valence-electron chi connectivity index (χ3n) is 6.36. The van der Waals surface area contributed by atoms with Gasteiger partial charge in [-0.3, -0.25) is 9.59 Å². The number of esters is 1. The Labute approximate surface area is 204 Å². The fourth-order valence-electron chi connectivity index (χ4n) is 4.36. The molecule has 0 radical (unpaired) electrons. The van der Waals surface area contributed by atoms with Gasteiger partial charge in [0.1, 0.15) is 5.69 Å². The van der Waals surface area contributed by atoms with Crippen molar-refractivity contribution in [3.63, 3.8) is 0 Å². The minimum absolute atomic E-state index is 0.0286. The summed E-state index contributed by atoms with van der Waals surface area (Å²) >= 11 is 0. The molecule has 1 aromatic heterocycles. The van der Waals surface area contributed by atoms with Crippen LogP contribution >= 0.6 is 0 Å². The van der Waals surface area contributed by atoms with E-state index in [-0.39, 0.29) is 18.2 Å². The Hall–Kier alpha value is -2.89. The molecule has 6 heteroatoms. The molecule has 1 heterocycles. The van der Waals surface area contributed by atoms with Gasteiger partial charge >= 0.3 is 5.97 Å². The van der Waals surface area contributed by atoms with Crippen LogP contribution in [0.5, 0.6) is 0 Å². The van der Waals surface area contributed by atoms with E-state index in [0.29, 0.717) is 41.4 Å². The summed E-state index contributed by atoms with van der Waals surface area (Å²) in [5, 5.41) is 0. The number of rotatable bonds is 12. The molecule has 2 rings (SSSR count). The van der Waals surface area contributed by atoms with E-state index in [2.05, 4.69) is 20.8 Å². The number of benzene rings is 1. The number of nitrogens with zero attached hydrogens (tertiary/aromatic N) is 2. The van der Waals surface area contributed by atoms with Crippen molar-refractivity contribution in [2.75, 3.05) is 20.2 Å². The molecule has 0 saturated heterocycles. The number of amides is 1. The summed E-state index contributed by atoms with van der Waals surface area (Å²) in [6, 6.07) is 7.73. The van der Waals surface area contributed by atoms with Crippen LogP contribution in [0.25, 0.3) is 0 Å². The number of Topliss-reactive ketones (excluding diaryl/α,β-unsaturated/α-hetero) is 1. The lowest BCUT2D eigenvalue weighted by atomic mass is 10.0. The number of unbranched alkanes of at least 4 members (excludes halogenated alkanes) is 1. The topological polar surface area (TPSA) is 68.6 Å². The summed E-state index contributed by atoms with van der Waals surface area (Å²) in [7, 11) is 1.34. The molecule has 1 amide bonds. The molecule has 2 aromatic rings. The molecule has 1 aromatic carbocycles. The van der Waals surface area contributed by atoms with Crippen molar-refractivity contribution in [3.8, 4) is 0 Å². The number of hydrogen-bond donors (Lipinski definition) is 0. The van der Waals surface area contributed by atoms with Crippen molar-refractivity contribution in [3.05, 3.63) is 57.9 Å². The number of aryl methyl sites for hydroxylation is 1. The number of carbonyl (C=O) groups is 3. The highest BCUT2D eigenvalue weighted by Gasteiger charge is 2.28. The minimum Gasteiger partial charge on any atom is -0.464 e. The van der Waals surface area contributed by atoms with Crippen LogP contribution in [0.2, 0.25) is 0 Å². The maximum Gasteiger partial charge on any atom is 0.354 e. The van der Waals surface area contributed by atoms with Crippen LogP contribution in [0.15, 0.2) is 24.3 Å². The van der Waals surface area contributed by atoms with E-state index >= 15 is 0 Å². The van der Waals surface area contributed by atoms with Crippen LogP contribution < -0.4 is 0 Å². The number of hydrogen-bond acceptors (Lipinski definition) is 4. The first-order valence-corrected chi connectivity index (χ1v) is 12.3. The minimum atomic E-state index is -0.461. The SMILES string of the molecule is CCCCc1ccc(C(=O)N(CCC(C)C)CC(=O)c2c(C)c(C(=O)OC)n(CC)c2C)cc1. The highest BCUT2D eigenvalue weighted by atomic mass is 16.5. The molecule has 0 unspecified atom stereocenters. The highest BCUT2D eigenvalue weighted by Crippen LogP contribution is 2.24. The second-order valence-electron chi connectivity index (χ2n) is 9.30. The predicted molar refractivity (Wildman–Crippen MR) is 136 cm³/mol. The first-order valence-electron chi connectivity index (χ1n) is 12.3.